The second kappa shape index (κ2) is 9.69. The molecule has 0 amide bonds. The Hall–Kier alpha value is -3.46. The number of furan rings is 1. The van der Waals surface area contributed by atoms with Gasteiger partial charge in [0.15, 0.2) is 6.20 Å². The van der Waals surface area contributed by atoms with Gasteiger partial charge >= 0.3 is 0 Å². The molecule has 1 fully saturated rings. The van der Waals surface area contributed by atoms with Crippen LogP contribution in [0.25, 0.3) is 44.3 Å². The van der Waals surface area contributed by atoms with Crippen LogP contribution in [0.15, 0.2) is 65.1 Å². The highest BCUT2D eigenvalue weighted by Gasteiger charge is 2.25. The van der Waals surface area contributed by atoms with Crippen molar-refractivity contribution < 1.29 is 25.7 Å². The molecule has 3 heteroatoms. The summed E-state index contributed by atoms with van der Waals surface area (Å²) in [4.78, 5) is 0. The first-order valence-electron chi connectivity index (χ1n) is 17.7. The Morgan fingerprint density at radius 2 is 1.68 bits per heavy atom. The van der Waals surface area contributed by atoms with Crippen molar-refractivity contribution in [2.24, 2.45) is 7.05 Å². The van der Waals surface area contributed by atoms with Crippen LogP contribution in [0.5, 0.6) is 0 Å². The molecule has 0 aliphatic heterocycles. The monoisotopic (exact) mass is 515 g/mol. The summed E-state index contributed by atoms with van der Waals surface area (Å²) in [6, 6.07) is 6.45. The predicted octanol–water partition coefficient (Wildman–Crippen LogP) is 9.67. The summed E-state index contributed by atoms with van der Waals surface area (Å²) in [5.74, 6) is -3.21. The topological polar surface area (TPSA) is 17.0 Å². The third-order valence-corrected chi connectivity index (χ3v) is 7.72. The zero-order valence-corrected chi connectivity index (χ0v) is 22.2. The molecule has 0 radical (unpaired) electrons. The lowest BCUT2D eigenvalue weighted by Crippen LogP contribution is -2.32. The quantitative estimate of drug-likeness (QED) is 0.218. The molecule has 0 bridgehead atoms. The molecular formula is C35H37FNO+. The number of nitrogens with zero attached hydrogens (tertiary/aromatic N) is 1. The summed E-state index contributed by atoms with van der Waals surface area (Å²) in [5.41, 5.74) is 2.22. The van der Waals surface area contributed by atoms with E-state index in [0.29, 0.717) is 46.0 Å². The minimum absolute atomic E-state index is 0.0405. The van der Waals surface area contributed by atoms with Crippen molar-refractivity contribution in [2.75, 3.05) is 0 Å². The van der Waals surface area contributed by atoms with E-state index in [1.54, 1.807) is 43.8 Å². The van der Waals surface area contributed by atoms with Crippen molar-refractivity contribution in [3.8, 4) is 22.4 Å². The van der Waals surface area contributed by atoms with Crippen LogP contribution in [-0.4, -0.2) is 0 Å². The second-order valence-corrected chi connectivity index (χ2v) is 10.5. The Kier molecular flexibility index (Phi) is 4.21. The molecule has 5 aromatic rings. The van der Waals surface area contributed by atoms with E-state index in [1.807, 2.05) is 19.1 Å². The molecule has 2 aromatic heterocycles. The summed E-state index contributed by atoms with van der Waals surface area (Å²) in [6.45, 7) is 2.62. The summed E-state index contributed by atoms with van der Waals surface area (Å²) in [6.07, 6.45) is 4.97. The molecule has 0 unspecified atom stereocenters. The maximum Gasteiger partial charge on any atom is 0.216 e. The zero-order chi connectivity index (χ0) is 34.4. The van der Waals surface area contributed by atoms with Crippen LogP contribution in [0.1, 0.15) is 92.3 Å². The van der Waals surface area contributed by atoms with Crippen LogP contribution in [0, 0.1) is 19.6 Å². The third-order valence-electron chi connectivity index (χ3n) is 7.72. The van der Waals surface area contributed by atoms with Gasteiger partial charge in [0.2, 0.25) is 5.69 Å². The Morgan fingerprint density at radius 3 is 2.37 bits per heavy atom. The number of benzene rings is 3. The largest absolute Gasteiger partial charge is 0.454 e. The Morgan fingerprint density at radius 1 is 1.00 bits per heavy atom. The molecule has 0 spiro atoms. The highest BCUT2D eigenvalue weighted by Crippen LogP contribution is 2.42. The summed E-state index contributed by atoms with van der Waals surface area (Å²) in [5, 5.41) is 1.09. The van der Waals surface area contributed by atoms with Gasteiger partial charge in [0.1, 0.15) is 24.0 Å². The first-order chi connectivity index (χ1) is 21.9. The van der Waals surface area contributed by atoms with E-state index in [4.69, 9.17) is 16.8 Å². The Balaban J connectivity index is 1.66. The van der Waals surface area contributed by atoms with Crippen molar-refractivity contribution in [2.45, 2.75) is 71.5 Å². The number of fused-ring (bicyclic) bond motifs is 3. The summed E-state index contributed by atoms with van der Waals surface area (Å²) < 4.78 is 102. The van der Waals surface area contributed by atoms with Gasteiger partial charge in [-0.05, 0) is 72.8 Å². The van der Waals surface area contributed by atoms with E-state index in [-0.39, 0.29) is 39.9 Å². The third kappa shape index (κ3) is 4.13. The van der Waals surface area contributed by atoms with Crippen LogP contribution < -0.4 is 4.57 Å². The van der Waals surface area contributed by atoms with Gasteiger partial charge in [-0.2, -0.15) is 0 Å². The molecule has 2 heterocycles. The molecule has 0 atom stereocenters. The zero-order valence-electron chi connectivity index (χ0n) is 31.2. The fourth-order valence-electron chi connectivity index (χ4n) is 5.67. The summed E-state index contributed by atoms with van der Waals surface area (Å²) in [7, 11) is 1.76. The molecule has 0 N–H and O–H groups in total. The number of hydrogen-bond donors (Lipinski definition) is 0. The average Bonchev–Trinajstić information content (AvgIpc) is 3.35. The predicted molar refractivity (Wildman–Crippen MR) is 155 cm³/mol. The summed E-state index contributed by atoms with van der Waals surface area (Å²) >= 11 is 0. The van der Waals surface area contributed by atoms with Gasteiger partial charge in [0.05, 0.1) is 16.6 Å². The number of pyridine rings is 1. The van der Waals surface area contributed by atoms with Crippen LogP contribution in [0.4, 0.5) is 4.39 Å². The number of halogens is 1. The standard InChI is InChI=1S/C35H37FNO/c1-21(2)29-20-37(5)31(19-23(29)4)32-22(3)11-16-27-28-17-18-30(36)33(35(28)38-34(27)32)26-14-12-25(13-15-26)24-9-7-6-8-10-24/h11-21,24H,6-10H2,1-5H3/q+1/i4D3,12D,13D,14D,15D,21D,24D. The molecule has 0 saturated heterocycles. The number of aromatic nitrogens is 1. The normalized spacial score (nSPS) is 19.6. The smallest absolute Gasteiger partial charge is 0.216 e. The molecule has 2 nitrogen and oxygen atoms in total. The second-order valence-electron chi connectivity index (χ2n) is 10.5. The fraction of sp³-hybridized carbons (Fsp3) is 0.343. The number of hydrogen-bond acceptors (Lipinski definition) is 1. The SMILES string of the molecule is [2H]c1c([2H])c(C2([2H])CCCCC2)c([2H])c([2H])c1-c1c(F)ccc2c1oc1c(-c3cc(C([2H])([2H])[2H])c(C([2H])(C)C)c[n+]3C)c(C)ccc12. The van der Waals surface area contributed by atoms with Gasteiger partial charge < -0.3 is 4.42 Å². The highest BCUT2D eigenvalue weighted by atomic mass is 19.1. The van der Waals surface area contributed by atoms with E-state index in [1.165, 1.54) is 6.07 Å². The highest BCUT2D eigenvalue weighted by molar-refractivity contribution is 6.13. The van der Waals surface area contributed by atoms with Gasteiger partial charge in [-0.3, -0.25) is 0 Å². The van der Waals surface area contributed by atoms with E-state index < -0.39 is 36.5 Å². The van der Waals surface area contributed by atoms with E-state index in [0.717, 1.165) is 24.8 Å². The van der Waals surface area contributed by atoms with Crippen LogP contribution in [0.2, 0.25) is 0 Å². The Bertz CT molecular complexity index is 2060. The lowest BCUT2D eigenvalue weighted by molar-refractivity contribution is -0.660. The maximum absolute atomic E-state index is 15.9. The van der Waals surface area contributed by atoms with Crippen molar-refractivity contribution in [1.29, 1.82) is 0 Å². The van der Waals surface area contributed by atoms with Crippen molar-refractivity contribution in [3.63, 3.8) is 0 Å². The van der Waals surface area contributed by atoms with Gasteiger partial charge in [-0.25, -0.2) is 8.96 Å². The maximum atomic E-state index is 15.9. The van der Waals surface area contributed by atoms with Gasteiger partial charge in [0, 0.05) is 29.3 Å². The van der Waals surface area contributed by atoms with E-state index in [2.05, 4.69) is 0 Å². The minimum Gasteiger partial charge on any atom is -0.454 e. The lowest BCUT2D eigenvalue weighted by atomic mass is 9.83. The average molecular weight is 516 g/mol. The first-order valence-corrected chi connectivity index (χ1v) is 13.2. The fourth-order valence-corrected chi connectivity index (χ4v) is 5.67. The molecule has 3 aromatic carbocycles. The number of aryl methyl sites for hydroxylation is 3. The molecule has 38 heavy (non-hydrogen) atoms. The Labute approximate surface area is 237 Å². The van der Waals surface area contributed by atoms with Crippen LogP contribution >= 0.6 is 0 Å². The molecule has 1 aliphatic rings. The van der Waals surface area contributed by atoms with Gasteiger partial charge in [-0.1, -0.05) is 69.4 Å². The van der Waals surface area contributed by atoms with Crippen molar-refractivity contribution in [1.82, 2.24) is 0 Å². The molecule has 194 valence electrons. The minimum atomic E-state index is -2.50. The number of rotatable bonds is 4. The molecule has 6 rings (SSSR count). The van der Waals surface area contributed by atoms with E-state index in [9.17, 15) is 0 Å². The van der Waals surface area contributed by atoms with Crippen LogP contribution in [-0.2, 0) is 7.05 Å². The lowest BCUT2D eigenvalue weighted by Gasteiger charge is -2.22. The molecular weight excluding hydrogens is 469 g/mol. The van der Waals surface area contributed by atoms with Crippen molar-refractivity contribution >= 4 is 21.9 Å². The van der Waals surface area contributed by atoms with Gasteiger partial charge in [-0.15, -0.1) is 0 Å². The molecule has 1 aliphatic carbocycles. The van der Waals surface area contributed by atoms with Crippen molar-refractivity contribution in [3.05, 3.63) is 88.8 Å². The van der Waals surface area contributed by atoms with Gasteiger partial charge in [0.25, 0.3) is 0 Å². The van der Waals surface area contributed by atoms with E-state index >= 15 is 4.39 Å². The van der Waals surface area contributed by atoms with Crippen LogP contribution in [0.3, 0.4) is 0 Å². The molecule has 1 saturated carbocycles. The first kappa shape index (κ1) is 16.5.